The lowest BCUT2D eigenvalue weighted by atomic mass is 9.98. The van der Waals surface area contributed by atoms with E-state index < -0.39 is 0 Å². The number of ketones is 1. The Labute approximate surface area is 116 Å². The Hall–Kier alpha value is -1.07. The van der Waals surface area contributed by atoms with Crippen molar-refractivity contribution in [3.63, 3.8) is 0 Å². The zero-order valence-electron chi connectivity index (χ0n) is 10.9. The molecule has 1 rings (SSSR count). The first-order valence-electron chi connectivity index (χ1n) is 5.77. The van der Waals surface area contributed by atoms with Gasteiger partial charge in [-0.25, -0.2) is 0 Å². The number of methoxy groups -OCH3 is 2. The molecule has 0 amide bonds. The second-order valence-electron chi connectivity index (χ2n) is 3.76. The van der Waals surface area contributed by atoms with E-state index in [1.165, 1.54) is 0 Å². The second kappa shape index (κ2) is 6.75. The number of hydrogen-bond acceptors (Lipinski definition) is 4. The molecule has 0 saturated heterocycles. The minimum absolute atomic E-state index is 0.0159. The van der Waals surface area contributed by atoms with Crippen LogP contribution in [0.1, 0.15) is 29.3 Å². The predicted octanol–water partition coefficient (Wildman–Crippen LogP) is 2.56. The van der Waals surface area contributed by atoms with Gasteiger partial charge in [-0.15, -0.1) is 0 Å². The van der Waals surface area contributed by atoms with Crippen LogP contribution < -0.4 is 15.2 Å². The second-order valence-corrected chi connectivity index (χ2v) is 4.62. The molecule has 0 aliphatic heterocycles. The monoisotopic (exact) mass is 315 g/mol. The molecule has 0 unspecified atom stereocenters. The van der Waals surface area contributed by atoms with Gasteiger partial charge >= 0.3 is 0 Å². The zero-order chi connectivity index (χ0) is 13.7. The number of benzene rings is 1. The maximum absolute atomic E-state index is 12.1. The summed E-state index contributed by atoms with van der Waals surface area (Å²) in [5.74, 6) is 1.25. The van der Waals surface area contributed by atoms with E-state index in [1.807, 2.05) is 6.92 Å². The van der Waals surface area contributed by atoms with Gasteiger partial charge in [0.05, 0.1) is 14.2 Å². The van der Waals surface area contributed by atoms with Crippen LogP contribution in [0.2, 0.25) is 0 Å². The van der Waals surface area contributed by atoms with Gasteiger partial charge in [0.25, 0.3) is 0 Å². The molecule has 100 valence electrons. The number of rotatable bonds is 6. The van der Waals surface area contributed by atoms with Crippen LogP contribution in [0.5, 0.6) is 11.5 Å². The van der Waals surface area contributed by atoms with Crippen molar-refractivity contribution >= 4 is 21.7 Å². The van der Waals surface area contributed by atoms with Crippen LogP contribution in [0, 0.1) is 0 Å². The highest BCUT2D eigenvalue weighted by atomic mass is 79.9. The van der Waals surface area contributed by atoms with Gasteiger partial charge in [0, 0.05) is 22.0 Å². The molecule has 1 aromatic carbocycles. The molecule has 4 nitrogen and oxygen atoms in total. The quantitative estimate of drug-likeness (QED) is 0.819. The largest absolute Gasteiger partial charge is 0.493 e. The van der Waals surface area contributed by atoms with Crippen LogP contribution >= 0.6 is 15.9 Å². The Bertz CT molecular complexity index is 446. The first kappa shape index (κ1) is 15.0. The van der Waals surface area contributed by atoms with Crippen molar-refractivity contribution in [2.75, 3.05) is 20.8 Å². The zero-order valence-corrected chi connectivity index (χ0v) is 12.5. The van der Waals surface area contributed by atoms with E-state index in [2.05, 4.69) is 15.9 Å². The Morgan fingerprint density at radius 2 is 2.06 bits per heavy atom. The number of nitrogens with two attached hydrogens (primary N) is 1. The van der Waals surface area contributed by atoms with Crippen LogP contribution in [0.15, 0.2) is 10.5 Å². The summed E-state index contributed by atoms with van der Waals surface area (Å²) >= 11 is 3.42. The van der Waals surface area contributed by atoms with Crippen LogP contribution in [0.4, 0.5) is 0 Å². The van der Waals surface area contributed by atoms with Crippen molar-refractivity contribution in [2.24, 2.45) is 5.73 Å². The van der Waals surface area contributed by atoms with Crippen molar-refractivity contribution in [3.05, 3.63) is 21.7 Å². The Kier molecular flexibility index (Phi) is 5.62. The van der Waals surface area contributed by atoms with Crippen LogP contribution in [-0.4, -0.2) is 26.5 Å². The maximum atomic E-state index is 12.1. The Morgan fingerprint density at radius 3 is 2.50 bits per heavy atom. The average molecular weight is 316 g/mol. The first-order valence-corrected chi connectivity index (χ1v) is 6.56. The third-order valence-electron chi connectivity index (χ3n) is 2.72. The topological polar surface area (TPSA) is 61.5 Å². The summed E-state index contributed by atoms with van der Waals surface area (Å²) in [4.78, 5) is 12.1. The normalized spacial score (nSPS) is 10.3. The highest BCUT2D eigenvalue weighted by Crippen LogP contribution is 2.39. The molecule has 0 aromatic heterocycles. The molecule has 0 radical (unpaired) electrons. The van der Waals surface area contributed by atoms with E-state index >= 15 is 0 Å². The molecular formula is C13H18BrNO3. The van der Waals surface area contributed by atoms with Crippen LogP contribution in [0.3, 0.4) is 0 Å². The average Bonchev–Trinajstić information content (AvgIpc) is 2.37. The summed E-state index contributed by atoms with van der Waals surface area (Å²) in [5, 5.41) is 0. The minimum atomic E-state index is 0.0159. The third-order valence-corrected chi connectivity index (χ3v) is 3.35. The number of Topliss-reactive ketones (excluding diaryl/α,β-unsaturated/α-hetero) is 1. The van der Waals surface area contributed by atoms with Gasteiger partial charge in [-0.3, -0.25) is 4.79 Å². The summed E-state index contributed by atoms with van der Waals surface area (Å²) in [6, 6.07) is 1.75. The summed E-state index contributed by atoms with van der Waals surface area (Å²) in [6.45, 7) is 2.31. The van der Waals surface area contributed by atoms with Crippen LogP contribution in [0.25, 0.3) is 0 Å². The number of ether oxygens (including phenoxy) is 2. The molecule has 2 N–H and O–H groups in total. The van der Waals surface area contributed by atoms with E-state index in [4.69, 9.17) is 15.2 Å². The van der Waals surface area contributed by atoms with E-state index in [0.29, 0.717) is 36.4 Å². The smallest absolute Gasteiger partial charge is 0.165 e. The lowest BCUT2D eigenvalue weighted by molar-refractivity contribution is 0.0983. The number of halogens is 1. The lowest BCUT2D eigenvalue weighted by Crippen LogP contribution is -2.12. The van der Waals surface area contributed by atoms with Crippen molar-refractivity contribution < 1.29 is 14.3 Å². The predicted molar refractivity (Wildman–Crippen MR) is 74.6 cm³/mol. The van der Waals surface area contributed by atoms with Crippen molar-refractivity contribution in [3.8, 4) is 11.5 Å². The molecule has 1 aromatic rings. The van der Waals surface area contributed by atoms with Gasteiger partial charge in [0.2, 0.25) is 0 Å². The molecular weight excluding hydrogens is 298 g/mol. The minimum Gasteiger partial charge on any atom is -0.493 e. The molecule has 0 aliphatic rings. The molecule has 0 aliphatic carbocycles. The molecule has 5 heteroatoms. The lowest BCUT2D eigenvalue weighted by Gasteiger charge is -2.17. The van der Waals surface area contributed by atoms with E-state index in [1.54, 1.807) is 20.3 Å². The van der Waals surface area contributed by atoms with Gasteiger partial charge in [-0.1, -0.05) is 6.92 Å². The standard InChI is InChI=1S/C13H18BrNO3/c1-4-8-12(10(16)5-6-15)9(14)7-11(17-2)13(8)18-3/h7H,4-6,15H2,1-3H3. The third kappa shape index (κ3) is 2.84. The fraction of sp³-hybridized carbons (Fsp3) is 0.462. The van der Waals surface area contributed by atoms with Gasteiger partial charge in [-0.05, 0) is 35.0 Å². The highest BCUT2D eigenvalue weighted by Gasteiger charge is 2.21. The van der Waals surface area contributed by atoms with Gasteiger partial charge in [-0.2, -0.15) is 0 Å². The van der Waals surface area contributed by atoms with Gasteiger partial charge < -0.3 is 15.2 Å². The Morgan fingerprint density at radius 1 is 1.39 bits per heavy atom. The van der Waals surface area contributed by atoms with E-state index in [-0.39, 0.29) is 5.78 Å². The van der Waals surface area contributed by atoms with Crippen molar-refractivity contribution in [1.29, 1.82) is 0 Å². The number of hydrogen-bond donors (Lipinski definition) is 1. The molecule has 18 heavy (non-hydrogen) atoms. The number of carbonyl (C=O) groups excluding carboxylic acids is 1. The molecule has 0 bridgehead atoms. The SMILES string of the molecule is CCc1c(OC)c(OC)cc(Br)c1C(=O)CCN. The summed E-state index contributed by atoms with van der Waals surface area (Å²) in [6.07, 6.45) is 1.01. The van der Waals surface area contributed by atoms with Gasteiger partial charge in [0.1, 0.15) is 0 Å². The van der Waals surface area contributed by atoms with Crippen molar-refractivity contribution in [2.45, 2.75) is 19.8 Å². The van der Waals surface area contributed by atoms with Crippen LogP contribution in [-0.2, 0) is 6.42 Å². The fourth-order valence-corrected chi connectivity index (χ4v) is 2.60. The van der Waals surface area contributed by atoms with E-state index in [0.717, 1.165) is 10.0 Å². The highest BCUT2D eigenvalue weighted by molar-refractivity contribution is 9.10. The fourth-order valence-electron chi connectivity index (χ4n) is 1.93. The van der Waals surface area contributed by atoms with Crippen molar-refractivity contribution in [1.82, 2.24) is 0 Å². The Balaban J connectivity index is 3.45. The van der Waals surface area contributed by atoms with E-state index in [9.17, 15) is 4.79 Å². The molecule has 0 atom stereocenters. The first-order chi connectivity index (χ1) is 8.60. The molecule has 0 spiro atoms. The summed E-state index contributed by atoms with van der Waals surface area (Å²) < 4.78 is 11.3. The summed E-state index contributed by atoms with van der Waals surface area (Å²) in [5.41, 5.74) is 6.93. The van der Waals surface area contributed by atoms with Gasteiger partial charge in [0.15, 0.2) is 17.3 Å². The number of carbonyl (C=O) groups is 1. The molecule has 0 fully saturated rings. The maximum Gasteiger partial charge on any atom is 0.165 e. The summed E-state index contributed by atoms with van der Waals surface area (Å²) in [7, 11) is 3.15. The molecule has 0 heterocycles. The molecule has 0 saturated carbocycles.